The Kier molecular flexibility index (Phi) is 7.75. The molecule has 2 unspecified atom stereocenters. The van der Waals surface area contributed by atoms with E-state index in [0.717, 1.165) is 9.37 Å². The summed E-state index contributed by atoms with van der Waals surface area (Å²) < 4.78 is 13.0. The fraction of sp³-hybridized carbons (Fsp3) is 0.467. The van der Waals surface area contributed by atoms with Crippen LogP contribution in [0.25, 0.3) is 0 Å². The van der Waals surface area contributed by atoms with Crippen LogP contribution in [-0.4, -0.2) is 45.4 Å². The third-order valence-electron chi connectivity index (χ3n) is 3.19. The standard InChI is InChI=1S/C15H20BrNO4S/c1-11(15(19)20)10-17(2)14(18)4-3-9-22(21)13-7-5-12(16)6-8-13/h5-8,11H,3-4,9-10H2,1-2H3,(H,19,20). The average Bonchev–Trinajstić information content (AvgIpc) is 2.47. The molecule has 1 aromatic carbocycles. The zero-order chi connectivity index (χ0) is 16.7. The number of carbonyl (C=O) groups excluding carboxylic acids is 1. The molecule has 0 aromatic heterocycles. The van der Waals surface area contributed by atoms with E-state index in [1.165, 1.54) is 4.90 Å². The molecule has 0 spiro atoms. The summed E-state index contributed by atoms with van der Waals surface area (Å²) in [7, 11) is 0.466. The highest BCUT2D eigenvalue weighted by Crippen LogP contribution is 2.14. The second-order valence-corrected chi connectivity index (χ2v) is 7.61. The van der Waals surface area contributed by atoms with Crippen LogP contribution < -0.4 is 0 Å². The molecule has 7 heteroatoms. The summed E-state index contributed by atoms with van der Waals surface area (Å²) in [5.74, 6) is -1.22. The molecule has 2 atom stereocenters. The lowest BCUT2D eigenvalue weighted by Gasteiger charge is -2.19. The molecule has 0 heterocycles. The Balaban J connectivity index is 2.36. The van der Waals surface area contributed by atoms with Gasteiger partial charge < -0.3 is 10.0 Å². The SMILES string of the molecule is CC(CN(C)C(=O)CCCS(=O)c1ccc(Br)cc1)C(=O)O. The number of aliphatic carboxylic acids is 1. The molecule has 0 saturated heterocycles. The van der Waals surface area contributed by atoms with Gasteiger partial charge in [-0.05, 0) is 30.7 Å². The van der Waals surface area contributed by atoms with Crippen molar-refractivity contribution in [1.29, 1.82) is 0 Å². The summed E-state index contributed by atoms with van der Waals surface area (Å²) in [5, 5.41) is 8.83. The Morgan fingerprint density at radius 1 is 1.32 bits per heavy atom. The van der Waals surface area contributed by atoms with Crippen LogP contribution >= 0.6 is 15.9 Å². The third-order valence-corrected chi connectivity index (χ3v) is 5.18. The van der Waals surface area contributed by atoms with Gasteiger partial charge in [0.05, 0.1) is 16.7 Å². The Bertz CT molecular complexity index is 547. The fourth-order valence-electron chi connectivity index (χ4n) is 1.84. The first kappa shape index (κ1) is 18.8. The van der Waals surface area contributed by atoms with E-state index in [1.807, 2.05) is 12.1 Å². The van der Waals surface area contributed by atoms with Gasteiger partial charge in [-0.2, -0.15) is 0 Å². The lowest BCUT2D eigenvalue weighted by Crippen LogP contribution is -2.33. The largest absolute Gasteiger partial charge is 0.481 e. The molecule has 1 N–H and O–H groups in total. The highest BCUT2D eigenvalue weighted by Gasteiger charge is 2.17. The number of rotatable bonds is 8. The van der Waals surface area contributed by atoms with E-state index in [4.69, 9.17) is 5.11 Å². The van der Waals surface area contributed by atoms with Crippen molar-refractivity contribution in [3.63, 3.8) is 0 Å². The van der Waals surface area contributed by atoms with Crippen LogP contribution in [0.2, 0.25) is 0 Å². The summed E-state index contributed by atoms with van der Waals surface area (Å²) in [4.78, 5) is 24.8. The van der Waals surface area contributed by atoms with Crippen LogP contribution in [0.3, 0.4) is 0 Å². The van der Waals surface area contributed by atoms with Gasteiger partial charge in [-0.15, -0.1) is 0 Å². The number of carboxylic acid groups (broad SMARTS) is 1. The number of nitrogens with zero attached hydrogens (tertiary/aromatic N) is 1. The van der Waals surface area contributed by atoms with E-state index in [-0.39, 0.29) is 18.9 Å². The van der Waals surface area contributed by atoms with E-state index >= 15 is 0 Å². The quantitative estimate of drug-likeness (QED) is 0.740. The number of hydrogen-bond donors (Lipinski definition) is 1. The smallest absolute Gasteiger partial charge is 0.308 e. The first-order valence-corrected chi connectivity index (χ1v) is 9.03. The van der Waals surface area contributed by atoms with E-state index in [9.17, 15) is 13.8 Å². The van der Waals surface area contributed by atoms with Gasteiger partial charge in [0.2, 0.25) is 5.91 Å². The van der Waals surface area contributed by atoms with Crippen molar-refractivity contribution >= 4 is 38.6 Å². The third kappa shape index (κ3) is 6.27. The molecule has 0 radical (unpaired) electrons. The number of carboxylic acids is 1. The zero-order valence-electron chi connectivity index (χ0n) is 12.6. The van der Waals surface area contributed by atoms with Gasteiger partial charge in [-0.3, -0.25) is 13.8 Å². The molecule has 122 valence electrons. The van der Waals surface area contributed by atoms with Gasteiger partial charge in [0, 0.05) is 35.1 Å². The number of hydrogen-bond acceptors (Lipinski definition) is 3. The van der Waals surface area contributed by atoms with Crippen molar-refractivity contribution < 1.29 is 18.9 Å². The monoisotopic (exact) mass is 389 g/mol. The molecule has 0 bridgehead atoms. The first-order valence-electron chi connectivity index (χ1n) is 6.92. The van der Waals surface area contributed by atoms with E-state index in [1.54, 1.807) is 26.1 Å². The van der Waals surface area contributed by atoms with E-state index in [2.05, 4.69) is 15.9 Å². The summed E-state index contributed by atoms with van der Waals surface area (Å²) in [6.45, 7) is 1.75. The maximum absolute atomic E-state index is 12.1. The first-order chi connectivity index (χ1) is 10.3. The molecule has 1 aromatic rings. The second kappa shape index (κ2) is 9.05. The van der Waals surface area contributed by atoms with E-state index < -0.39 is 22.7 Å². The minimum Gasteiger partial charge on any atom is -0.481 e. The summed E-state index contributed by atoms with van der Waals surface area (Å²) >= 11 is 3.32. The maximum atomic E-state index is 12.1. The molecule has 0 fully saturated rings. The molecule has 0 aliphatic rings. The Hall–Kier alpha value is -1.21. The number of carbonyl (C=O) groups is 2. The van der Waals surface area contributed by atoms with Gasteiger partial charge in [-0.1, -0.05) is 22.9 Å². The molecule has 22 heavy (non-hydrogen) atoms. The molecular weight excluding hydrogens is 370 g/mol. The summed E-state index contributed by atoms with van der Waals surface area (Å²) in [6.07, 6.45) is 0.776. The van der Waals surface area contributed by atoms with Crippen molar-refractivity contribution in [1.82, 2.24) is 4.90 Å². The van der Waals surface area contributed by atoms with Crippen LogP contribution in [0, 0.1) is 5.92 Å². The van der Waals surface area contributed by atoms with Gasteiger partial charge in [0.25, 0.3) is 0 Å². The van der Waals surface area contributed by atoms with Crippen LogP contribution in [-0.2, 0) is 20.4 Å². The fourth-order valence-corrected chi connectivity index (χ4v) is 3.19. The predicted molar refractivity (Wildman–Crippen MR) is 89.1 cm³/mol. The predicted octanol–water partition coefficient (Wildman–Crippen LogP) is 2.52. The normalized spacial score (nSPS) is 13.4. The molecule has 1 rings (SSSR count). The minimum absolute atomic E-state index is 0.124. The summed E-state index contributed by atoms with van der Waals surface area (Å²) in [6, 6.07) is 7.25. The molecule has 0 aliphatic heterocycles. The highest BCUT2D eigenvalue weighted by atomic mass is 79.9. The molecule has 0 aliphatic carbocycles. The molecule has 5 nitrogen and oxygen atoms in total. The topological polar surface area (TPSA) is 74.7 Å². The molecular formula is C15H20BrNO4S. The van der Waals surface area contributed by atoms with Crippen LogP contribution in [0.1, 0.15) is 19.8 Å². The van der Waals surface area contributed by atoms with Gasteiger partial charge in [0.1, 0.15) is 0 Å². The average molecular weight is 390 g/mol. The Morgan fingerprint density at radius 3 is 2.45 bits per heavy atom. The van der Waals surface area contributed by atoms with Gasteiger partial charge >= 0.3 is 5.97 Å². The van der Waals surface area contributed by atoms with E-state index in [0.29, 0.717) is 12.2 Å². The maximum Gasteiger partial charge on any atom is 0.308 e. The minimum atomic E-state index is -1.13. The Labute approximate surface area is 141 Å². The van der Waals surface area contributed by atoms with Crippen molar-refractivity contribution in [3.05, 3.63) is 28.7 Å². The van der Waals surface area contributed by atoms with Gasteiger partial charge in [-0.25, -0.2) is 0 Å². The molecule has 1 amide bonds. The second-order valence-electron chi connectivity index (χ2n) is 5.12. The summed E-state index contributed by atoms with van der Waals surface area (Å²) in [5.41, 5.74) is 0. The lowest BCUT2D eigenvalue weighted by molar-refractivity contribution is -0.142. The number of benzene rings is 1. The van der Waals surface area contributed by atoms with Crippen molar-refractivity contribution in [2.24, 2.45) is 5.92 Å². The van der Waals surface area contributed by atoms with Crippen LogP contribution in [0.4, 0.5) is 0 Å². The van der Waals surface area contributed by atoms with Crippen molar-refractivity contribution in [2.75, 3.05) is 19.3 Å². The van der Waals surface area contributed by atoms with Crippen LogP contribution in [0.5, 0.6) is 0 Å². The van der Waals surface area contributed by atoms with Crippen molar-refractivity contribution in [2.45, 2.75) is 24.7 Å². The van der Waals surface area contributed by atoms with Crippen LogP contribution in [0.15, 0.2) is 33.6 Å². The molecule has 0 saturated carbocycles. The number of halogens is 1. The zero-order valence-corrected chi connectivity index (χ0v) is 15.0. The highest BCUT2D eigenvalue weighted by molar-refractivity contribution is 9.10. The number of amides is 1. The Morgan fingerprint density at radius 2 is 1.91 bits per heavy atom. The lowest BCUT2D eigenvalue weighted by atomic mass is 10.1. The van der Waals surface area contributed by atoms with Gasteiger partial charge in [0.15, 0.2) is 0 Å². The van der Waals surface area contributed by atoms with Crippen molar-refractivity contribution in [3.8, 4) is 0 Å².